The van der Waals surface area contributed by atoms with E-state index in [1.165, 1.54) is 4.68 Å². The minimum Gasteiger partial charge on any atom is -0.395 e. The Hall–Kier alpha value is -2.30. The highest BCUT2D eigenvalue weighted by Crippen LogP contribution is 2.20. The van der Waals surface area contributed by atoms with E-state index in [0.29, 0.717) is 17.1 Å². The van der Waals surface area contributed by atoms with Gasteiger partial charge in [0, 0.05) is 12.7 Å². The number of amides is 1. The number of anilines is 2. The molecule has 0 radical (unpaired) electrons. The van der Waals surface area contributed by atoms with Gasteiger partial charge in [-0.15, -0.1) is 0 Å². The molecule has 19 heavy (non-hydrogen) atoms. The van der Waals surface area contributed by atoms with Crippen LogP contribution in [0.2, 0.25) is 0 Å². The first-order valence-corrected chi connectivity index (χ1v) is 6.08. The van der Waals surface area contributed by atoms with Gasteiger partial charge in [0.2, 0.25) is 0 Å². The second-order valence-corrected chi connectivity index (χ2v) is 4.74. The van der Waals surface area contributed by atoms with E-state index in [2.05, 4.69) is 10.4 Å². The Morgan fingerprint density at radius 1 is 1.32 bits per heavy atom. The summed E-state index contributed by atoms with van der Waals surface area (Å²) >= 11 is 0. The van der Waals surface area contributed by atoms with Crippen LogP contribution in [0.5, 0.6) is 0 Å². The van der Waals surface area contributed by atoms with Gasteiger partial charge in [-0.1, -0.05) is 12.1 Å². The number of nitrogens with zero attached hydrogens (tertiary/aromatic N) is 2. The zero-order chi connectivity index (χ0) is 14.2. The van der Waals surface area contributed by atoms with E-state index in [4.69, 9.17) is 5.73 Å². The van der Waals surface area contributed by atoms with Gasteiger partial charge in [0.05, 0.1) is 11.4 Å². The molecule has 0 bridgehead atoms. The molecule has 0 spiro atoms. The molecule has 5 nitrogen and oxygen atoms in total. The van der Waals surface area contributed by atoms with Gasteiger partial charge in [0.1, 0.15) is 5.69 Å². The molecule has 1 amide bonds. The summed E-state index contributed by atoms with van der Waals surface area (Å²) in [6, 6.07) is 5.92. The van der Waals surface area contributed by atoms with Crippen molar-refractivity contribution in [2.24, 2.45) is 7.05 Å². The molecule has 2 rings (SSSR count). The lowest BCUT2D eigenvalue weighted by Crippen LogP contribution is -2.18. The highest BCUT2D eigenvalue weighted by Gasteiger charge is 2.18. The SMILES string of the molecule is Cc1ccc(C)c(NC(=O)c2c(N)c(C)nn2C)c1. The molecule has 0 saturated heterocycles. The molecular formula is C14H18N4O. The van der Waals surface area contributed by atoms with Crippen molar-refractivity contribution in [3.8, 4) is 0 Å². The smallest absolute Gasteiger partial charge is 0.276 e. The highest BCUT2D eigenvalue weighted by atomic mass is 16.2. The van der Waals surface area contributed by atoms with Gasteiger partial charge in [-0.25, -0.2) is 0 Å². The fourth-order valence-electron chi connectivity index (χ4n) is 2.00. The Kier molecular flexibility index (Phi) is 3.29. The van der Waals surface area contributed by atoms with Gasteiger partial charge < -0.3 is 11.1 Å². The number of rotatable bonds is 2. The topological polar surface area (TPSA) is 72.9 Å². The molecule has 0 atom stereocenters. The second-order valence-electron chi connectivity index (χ2n) is 4.74. The molecule has 0 aliphatic rings. The first-order chi connectivity index (χ1) is 8.90. The standard InChI is InChI=1S/C14H18N4O/c1-8-5-6-9(2)11(7-8)16-14(19)13-12(15)10(3)17-18(13)4/h5-7H,15H2,1-4H3,(H,16,19). The van der Waals surface area contributed by atoms with Crippen LogP contribution in [-0.2, 0) is 7.05 Å². The Morgan fingerprint density at radius 3 is 2.58 bits per heavy atom. The van der Waals surface area contributed by atoms with Crippen molar-refractivity contribution < 1.29 is 4.79 Å². The molecule has 0 saturated carbocycles. The van der Waals surface area contributed by atoms with E-state index < -0.39 is 0 Å². The predicted molar refractivity (Wildman–Crippen MR) is 76.2 cm³/mol. The Labute approximate surface area is 112 Å². The quantitative estimate of drug-likeness (QED) is 0.867. The van der Waals surface area contributed by atoms with Gasteiger partial charge in [0.25, 0.3) is 5.91 Å². The van der Waals surface area contributed by atoms with Crippen LogP contribution in [-0.4, -0.2) is 15.7 Å². The normalized spacial score (nSPS) is 10.5. The summed E-state index contributed by atoms with van der Waals surface area (Å²) in [4.78, 5) is 12.3. The lowest BCUT2D eigenvalue weighted by molar-refractivity contribution is 0.101. The van der Waals surface area contributed by atoms with Crippen molar-refractivity contribution in [2.45, 2.75) is 20.8 Å². The minimum absolute atomic E-state index is 0.241. The number of nitrogens with one attached hydrogen (secondary N) is 1. The fraction of sp³-hybridized carbons (Fsp3) is 0.286. The van der Waals surface area contributed by atoms with E-state index >= 15 is 0 Å². The summed E-state index contributed by atoms with van der Waals surface area (Å²) in [5.41, 5.74) is 10.2. The first kappa shape index (κ1) is 13.1. The third-order valence-electron chi connectivity index (χ3n) is 3.12. The monoisotopic (exact) mass is 258 g/mol. The first-order valence-electron chi connectivity index (χ1n) is 6.08. The summed E-state index contributed by atoms with van der Waals surface area (Å²) in [5.74, 6) is -0.241. The van der Waals surface area contributed by atoms with Crippen LogP contribution in [0.1, 0.15) is 27.3 Å². The molecule has 1 aromatic heterocycles. The molecule has 1 heterocycles. The van der Waals surface area contributed by atoms with E-state index in [-0.39, 0.29) is 5.91 Å². The van der Waals surface area contributed by atoms with Crippen molar-refractivity contribution in [1.29, 1.82) is 0 Å². The summed E-state index contributed by atoms with van der Waals surface area (Å²) in [6.45, 7) is 5.72. The highest BCUT2D eigenvalue weighted by molar-refractivity contribution is 6.07. The summed E-state index contributed by atoms with van der Waals surface area (Å²) in [6.07, 6.45) is 0. The van der Waals surface area contributed by atoms with Crippen LogP contribution < -0.4 is 11.1 Å². The minimum atomic E-state index is -0.241. The van der Waals surface area contributed by atoms with Crippen molar-refractivity contribution in [3.05, 3.63) is 40.7 Å². The summed E-state index contributed by atoms with van der Waals surface area (Å²) < 4.78 is 1.51. The van der Waals surface area contributed by atoms with Gasteiger partial charge in [-0.05, 0) is 38.0 Å². The molecule has 100 valence electrons. The molecule has 0 aliphatic carbocycles. The van der Waals surface area contributed by atoms with Gasteiger partial charge >= 0.3 is 0 Å². The third kappa shape index (κ3) is 2.45. The maximum absolute atomic E-state index is 12.3. The molecule has 0 unspecified atom stereocenters. The molecule has 3 N–H and O–H groups in total. The summed E-state index contributed by atoms with van der Waals surface area (Å²) in [5, 5.41) is 7.03. The van der Waals surface area contributed by atoms with Gasteiger partial charge in [-0.2, -0.15) is 5.10 Å². The van der Waals surface area contributed by atoms with Crippen LogP contribution in [0.15, 0.2) is 18.2 Å². The third-order valence-corrected chi connectivity index (χ3v) is 3.12. The fourth-order valence-corrected chi connectivity index (χ4v) is 2.00. The number of hydrogen-bond acceptors (Lipinski definition) is 3. The van der Waals surface area contributed by atoms with Crippen LogP contribution in [0.25, 0.3) is 0 Å². The van der Waals surface area contributed by atoms with Crippen LogP contribution in [0.4, 0.5) is 11.4 Å². The number of carbonyl (C=O) groups excluding carboxylic acids is 1. The van der Waals surface area contributed by atoms with Crippen molar-refractivity contribution in [1.82, 2.24) is 9.78 Å². The maximum atomic E-state index is 12.3. The van der Waals surface area contributed by atoms with Gasteiger partial charge in [0.15, 0.2) is 0 Å². The largest absolute Gasteiger partial charge is 0.395 e. The number of carbonyl (C=O) groups is 1. The van der Waals surface area contributed by atoms with Crippen molar-refractivity contribution in [3.63, 3.8) is 0 Å². The summed E-state index contributed by atoms with van der Waals surface area (Å²) in [7, 11) is 1.71. The Morgan fingerprint density at radius 2 is 2.00 bits per heavy atom. The van der Waals surface area contributed by atoms with Crippen LogP contribution in [0, 0.1) is 20.8 Å². The molecular weight excluding hydrogens is 240 g/mol. The van der Waals surface area contributed by atoms with E-state index in [1.807, 2.05) is 32.0 Å². The lowest BCUT2D eigenvalue weighted by Gasteiger charge is -2.10. The number of hydrogen-bond donors (Lipinski definition) is 2. The average Bonchev–Trinajstić information content (AvgIpc) is 2.58. The molecule has 0 aliphatic heterocycles. The number of aryl methyl sites for hydroxylation is 4. The second kappa shape index (κ2) is 4.76. The zero-order valence-electron chi connectivity index (χ0n) is 11.6. The average molecular weight is 258 g/mol. The number of nitrogen functional groups attached to an aromatic ring is 1. The van der Waals surface area contributed by atoms with Gasteiger partial charge in [-0.3, -0.25) is 9.48 Å². The maximum Gasteiger partial charge on any atom is 0.276 e. The van der Waals surface area contributed by atoms with Crippen molar-refractivity contribution in [2.75, 3.05) is 11.1 Å². The Balaban J connectivity index is 2.33. The lowest BCUT2D eigenvalue weighted by atomic mass is 10.1. The molecule has 0 fully saturated rings. The van der Waals surface area contributed by atoms with E-state index in [9.17, 15) is 4.79 Å². The zero-order valence-corrected chi connectivity index (χ0v) is 11.6. The number of aromatic nitrogens is 2. The molecule has 1 aromatic carbocycles. The van der Waals surface area contributed by atoms with Crippen LogP contribution >= 0.6 is 0 Å². The van der Waals surface area contributed by atoms with Crippen molar-refractivity contribution >= 4 is 17.3 Å². The molecule has 5 heteroatoms. The predicted octanol–water partition coefficient (Wildman–Crippen LogP) is 2.18. The number of benzene rings is 1. The Bertz CT molecular complexity index is 643. The van der Waals surface area contributed by atoms with E-state index in [0.717, 1.165) is 16.8 Å². The van der Waals surface area contributed by atoms with Crippen LogP contribution in [0.3, 0.4) is 0 Å². The molecule has 2 aromatic rings. The number of nitrogens with two attached hydrogens (primary N) is 1. The van der Waals surface area contributed by atoms with E-state index in [1.54, 1.807) is 14.0 Å².